The number of fused-ring (bicyclic) bond motifs is 3. The predicted molar refractivity (Wildman–Crippen MR) is 95.6 cm³/mol. The molecule has 0 bridgehead atoms. The summed E-state index contributed by atoms with van der Waals surface area (Å²) in [7, 11) is 0. The minimum Gasteiger partial charge on any atom is -0.355 e. The van der Waals surface area contributed by atoms with Crippen LogP contribution < -0.4 is 5.32 Å². The zero-order valence-electron chi connectivity index (χ0n) is 14.0. The second-order valence-corrected chi connectivity index (χ2v) is 6.40. The second kappa shape index (κ2) is 6.29. The number of aldehydes is 1. The topological polar surface area (TPSA) is 61.0 Å². The summed E-state index contributed by atoms with van der Waals surface area (Å²) in [6.45, 7) is 3.73. The lowest BCUT2D eigenvalue weighted by Crippen LogP contribution is -2.31. The molecule has 0 amide bonds. The highest BCUT2D eigenvalue weighted by atomic mass is 19.1. The molecule has 0 atom stereocenters. The van der Waals surface area contributed by atoms with Gasteiger partial charge in [-0.1, -0.05) is 6.07 Å². The number of pyridine rings is 1. The molecular formula is C19H19FN4O. The fourth-order valence-electron chi connectivity index (χ4n) is 3.38. The van der Waals surface area contributed by atoms with Gasteiger partial charge in [0.1, 0.15) is 17.8 Å². The van der Waals surface area contributed by atoms with Crippen molar-refractivity contribution in [1.82, 2.24) is 14.9 Å². The maximum absolute atomic E-state index is 13.8. The molecule has 3 aromatic rings. The molecule has 25 heavy (non-hydrogen) atoms. The SMILES string of the molecule is Cc1ccc(Nc2ccnc3[nH]c4c(c23)CN(CC=O)CC4)cc1F. The maximum atomic E-state index is 13.8. The van der Waals surface area contributed by atoms with Gasteiger partial charge < -0.3 is 15.1 Å². The summed E-state index contributed by atoms with van der Waals surface area (Å²) < 4.78 is 13.8. The highest BCUT2D eigenvalue weighted by molar-refractivity contribution is 5.95. The monoisotopic (exact) mass is 338 g/mol. The van der Waals surface area contributed by atoms with E-state index in [1.54, 1.807) is 19.2 Å². The van der Waals surface area contributed by atoms with Crippen molar-refractivity contribution in [2.45, 2.75) is 19.9 Å². The molecule has 128 valence electrons. The predicted octanol–water partition coefficient (Wildman–Crippen LogP) is 3.31. The van der Waals surface area contributed by atoms with E-state index in [-0.39, 0.29) is 5.82 Å². The van der Waals surface area contributed by atoms with E-state index in [2.05, 4.69) is 20.2 Å². The van der Waals surface area contributed by atoms with Crippen molar-refractivity contribution in [3.8, 4) is 0 Å². The van der Waals surface area contributed by atoms with E-state index in [0.29, 0.717) is 24.3 Å². The molecule has 0 aliphatic carbocycles. The third kappa shape index (κ3) is 2.89. The number of hydrogen-bond acceptors (Lipinski definition) is 4. The van der Waals surface area contributed by atoms with E-state index < -0.39 is 0 Å². The number of nitrogens with one attached hydrogen (secondary N) is 2. The number of benzene rings is 1. The van der Waals surface area contributed by atoms with Crippen molar-refractivity contribution >= 4 is 28.7 Å². The lowest BCUT2D eigenvalue weighted by atomic mass is 10.0. The van der Waals surface area contributed by atoms with Crippen LogP contribution in [-0.2, 0) is 17.8 Å². The number of nitrogens with zero attached hydrogens (tertiary/aromatic N) is 2. The number of H-pyrrole nitrogens is 1. The van der Waals surface area contributed by atoms with Gasteiger partial charge in [0.05, 0.1) is 12.2 Å². The highest BCUT2D eigenvalue weighted by Gasteiger charge is 2.22. The first-order chi connectivity index (χ1) is 12.2. The van der Waals surface area contributed by atoms with Crippen molar-refractivity contribution in [3.63, 3.8) is 0 Å². The Morgan fingerprint density at radius 2 is 2.28 bits per heavy atom. The standard InChI is InChI=1S/C19H19FN4O/c1-12-2-3-13(10-15(12)20)22-17-4-6-21-19-18(17)14-11-24(8-9-25)7-5-16(14)23-19/h2-4,6,9-10H,5,7-8,11H2,1H3,(H2,21,22,23). The van der Waals surface area contributed by atoms with Crippen molar-refractivity contribution < 1.29 is 9.18 Å². The summed E-state index contributed by atoms with van der Waals surface area (Å²) in [5.74, 6) is -0.233. The maximum Gasteiger partial charge on any atom is 0.139 e. The molecule has 0 unspecified atom stereocenters. The Balaban J connectivity index is 1.75. The van der Waals surface area contributed by atoms with E-state index in [4.69, 9.17) is 0 Å². The molecule has 0 radical (unpaired) electrons. The van der Waals surface area contributed by atoms with Crippen LogP contribution in [0.4, 0.5) is 15.8 Å². The van der Waals surface area contributed by atoms with Gasteiger partial charge in [0.15, 0.2) is 0 Å². The molecule has 3 heterocycles. The summed E-state index contributed by atoms with van der Waals surface area (Å²) in [6, 6.07) is 7.02. The van der Waals surface area contributed by atoms with Gasteiger partial charge in [-0.25, -0.2) is 9.37 Å². The van der Waals surface area contributed by atoms with Gasteiger partial charge in [0.2, 0.25) is 0 Å². The van der Waals surface area contributed by atoms with Crippen LogP contribution in [0.5, 0.6) is 0 Å². The van der Waals surface area contributed by atoms with Gasteiger partial charge in [0.25, 0.3) is 0 Å². The number of carbonyl (C=O) groups excluding carboxylic acids is 1. The number of aromatic amines is 1. The molecule has 2 N–H and O–H groups in total. The van der Waals surface area contributed by atoms with Gasteiger partial charge in [-0.05, 0) is 36.2 Å². The number of carbonyl (C=O) groups is 1. The third-order valence-corrected chi connectivity index (χ3v) is 4.73. The van der Waals surface area contributed by atoms with Crippen molar-refractivity contribution in [2.24, 2.45) is 0 Å². The quantitative estimate of drug-likeness (QED) is 0.717. The van der Waals surface area contributed by atoms with Crippen LogP contribution in [0.25, 0.3) is 11.0 Å². The zero-order chi connectivity index (χ0) is 17.4. The van der Waals surface area contributed by atoms with Gasteiger partial charge in [-0.2, -0.15) is 0 Å². The Kier molecular flexibility index (Phi) is 3.97. The van der Waals surface area contributed by atoms with E-state index in [0.717, 1.165) is 47.2 Å². The molecule has 6 heteroatoms. The molecular weight excluding hydrogens is 319 g/mol. The smallest absolute Gasteiger partial charge is 0.139 e. The number of aryl methyl sites for hydroxylation is 1. The Morgan fingerprint density at radius 3 is 3.08 bits per heavy atom. The minimum atomic E-state index is -0.233. The van der Waals surface area contributed by atoms with Crippen molar-refractivity contribution in [2.75, 3.05) is 18.4 Å². The van der Waals surface area contributed by atoms with Gasteiger partial charge in [-0.3, -0.25) is 4.90 Å². The zero-order valence-corrected chi connectivity index (χ0v) is 14.0. The lowest BCUT2D eigenvalue weighted by Gasteiger charge is -2.25. The number of rotatable bonds is 4. The number of anilines is 2. The molecule has 0 saturated heterocycles. The first kappa shape index (κ1) is 15.8. The number of aromatic nitrogens is 2. The molecule has 0 spiro atoms. The molecule has 1 aliphatic heterocycles. The van der Waals surface area contributed by atoms with Crippen molar-refractivity contribution in [3.05, 3.63) is 53.1 Å². The molecule has 2 aromatic heterocycles. The minimum absolute atomic E-state index is 0.233. The van der Waals surface area contributed by atoms with Crippen LogP contribution in [0.15, 0.2) is 30.5 Å². The van der Waals surface area contributed by atoms with Crippen LogP contribution >= 0.6 is 0 Å². The van der Waals surface area contributed by atoms with E-state index >= 15 is 0 Å². The van der Waals surface area contributed by atoms with Crippen LogP contribution in [0.3, 0.4) is 0 Å². The fraction of sp³-hybridized carbons (Fsp3) is 0.263. The molecule has 0 saturated carbocycles. The molecule has 1 aromatic carbocycles. The highest BCUT2D eigenvalue weighted by Crippen LogP contribution is 2.33. The van der Waals surface area contributed by atoms with E-state index in [1.807, 2.05) is 12.1 Å². The fourth-order valence-corrected chi connectivity index (χ4v) is 3.38. The third-order valence-electron chi connectivity index (χ3n) is 4.73. The summed E-state index contributed by atoms with van der Waals surface area (Å²) in [5, 5.41) is 4.32. The average Bonchev–Trinajstić information content (AvgIpc) is 2.97. The summed E-state index contributed by atoms with van der Waals surface area (Å²) in [4.78, 5) is 20.8. The molecule has 5 nitrogen and oxygen atoms in total. The van der Waals surface area contributed by atoms with Crippen LogP contribution in [-0.4, -0.2) is 34.2 Å². The first-order valence-electron chi connectivity index (χ1n) is 8.33. The Bertz CT molecular complexity index is 950. The Hall–Kier alpha value is -2.73. The number of halogens is 1. The van der Waals surface area contributed by atoms with Gasteiger partial charge in [0, 0.05) is 42.5 Å². The van der Waals surface area contributed by atoms with Gasteiger partial charge in [-0.15, -0.1) is 0 Å². The van der Waals surface area contributed by atoms with E-state index in [9.17, 15) is 9.18 Å². The number of hydrogen-bond donors (Lipinski definition) is 2. The average molecular weight is 338 g/mol. The largest absolute Gasteiger partial charge is 0.355 e. The second-order valence-electron chi connectivity index (χ2n) is 6.40. The van der Waals surface area contributed by atoms with Crippen molar-refractivity contribution in [1.29, 1.82) is 0 Å². The summed E-state index contributed by atoms with van der Waals surface area (Å²) in [6.07, 6.45) is 3.53. The Labute approximate surface area is 144 Å². The van der Waals surface area contributed by atoms with Crippen LogP contribution in [0.1, 0.15) is 16.8 Å². The first-order valence-corrected chi connectivity index (χ1v) is 8.33. The van der Waals surface area contributed by atoms with Crippen LogP contribution in [0, 0.1) is 12.7 Å². The van der Waals surface area contributed by atoms with E-state index in [1.165, 1.54) is 6.07 Å². The lowest BCUT2D eigenvalue weighted by molar-refractivity contribution is -0.109. The normalized spacial score (nSPS) is 14.5. The van der Waals surface area contributed by atoms with Crippen LogP contribution in [0.2, 0.25) is 0 Å². The van der Waals surface area contributed by atoms with Gasteiger partial charge >= 0.3 is 0 Å². The summed E-state index contributed by atoms with van der Waals surface area (Å²) in [5.41, 5.74) is 5.34. The molecule has 0 fully saturated rings. The summed E-state index contributed by atoms with van der Waals surface area (Å²) >= 11 is 0. The Morgan fingerprint density at radius 1 is 1.40 bits per heavy atom. The molecule has 4 rings (SSSR count). The molecule has 1 aliphatic rings.